The minimum Gasteiger partial charge on any atom is -0.478 e. The van der Waals surface area contributed by atoms with E-state index in [1.54, 1.807) is 27.8 Å². The highest BCUT2D eigenvalue weighted by Crippen LogP contribution is 2.29. The number of carbonyl (C=O) groups excluding carboxylic acids is 1. The smallest absolute Gasteiger partial charge is 0.478 e. The van der Waals surface area contributed by atoms with Crippen molar-refractivity contribution in [3.8, 4) is 11.3 Å². The number of aromatic carboxylic acids is 1. The Balaban J connectivity index is 0.000000762. The number of aromatic nitrogens is 2. The predicted molar refractivity (Wildman–Crippen MR) is 117 cm³/mol. The Bertz CT molecular complexity index is 1100. The first-order valence-electron chi connectivity index (χ1n) is 9.76. The molecular weight excluding hydrogens is 502 g/mol. The number of halogens is 5. The highest BCUT2D eigenvalue weighted by atomic mass is 35.5. The lowest BCUT2D eigenvalue weighted by atomic mass is 9.93. The van der Waals surface area contributed by atoms with Gasteiger partial charge in [0.15, 0.2) is 5.82 Å². The molecule has 192 valence electrons. The summed E-state index contributed by atoms with van der Waals surface area (Å²) in [6.07, 6.45) is -5.08. The number of carboxylic acids is 2. The third kappa shape index (κ3) is 8.35. The number of hydrogen-bond acceptors (Lipinski definition) is 7. The third-order valence-electron chi connectivity index (χ3n) is 4.27. The van der Waals surface area contributed by atoms with Gasteiger partial charge in [0.1, 0.15) is 11.4 Å². The van der Waals surface area contributed by atoms with Gasteiger partial charge in [-0.2, -0.15) is 13.2 Å². The molecule has 2 rings (SSSR count). The van der Waals surface area contributed by atoms with Crippen LogP contribution in [0.3, 0.4) is 0 Å². The van der Waals surface area contributed by atoms with Crippen LogP contribution in [0.1, 0.15) is 31.1 Å². The summed E-state index contributed by atoms with van der Waals surface area (Å²) >= 11 is 5.90. The Kier molecular flexibility index (Phi) is 9.94. The first-order valence-corrected chi connectivity index (χ1v) is 10.1. The molecule has 0 aliphatic rings. The summed E-state index contributed by atoms with van der Waals surface area (Å²) in [7, 11) is 1.59. The average molecular weight is 524 g/mol. The Morgan fingerprint density at radius 3 is 2.17 bits per heavy atom. The lowest BCUT2D eigenvalue weighted by Gasteiger charge is -2.29. The molecule has 0 aliphatic heterocycles. The number of hydrogen-bond donors (Lipinski definition) is 2. The van der Waals surface area contributed by atoms with Crippen LogP contribution in [0, 0.1) is 11.2 Å². The Morgan fingerprint density at radius 2 is 1.69 bits per heavy atom. The first-order chi connectivity index (χ1) is 16.0. The summed E-state index contributed by atoms with van der Waals surface area (Å²) in [6.45, 7) is 5.47. The van der Waals surface area contributed by atoms with E-state index in [1.807, 2.05) is 0 Å². The number of carboxylic acid groups (broad SMARTS) is 2. The number of aliphatic carboxylic acids is 1. The second kappa shape index (κ2) is 11.8. The fraction of sp³-hybridized carbons (Fsp3) is 0.381. The second-order valence-corrected chi connectivity index (χ2v) is 8.10. The molecule has 35 heavy (non-hydrogen) atoms. The molecule has 0 saturated carbocycles. The van der Waals surface area contributed by atoms with Crippen molar-refractivity contribution in [2.45, 2.75) is 26.9 Å². The van der Waals surface area contributed by atoms with Gasteiger partial charge in [-0.25, -0.2) is 14.0 Å². The molecule has 2 aromatic rings. The van der Waals surface area contributed by atoms with E-state index in [-0.39, 0.29) is 40.8 Å². The van der Waals surface area contributed by atoms with E-state index in [1.165, 1.54) is 29.2 Å². The van der Waals surface area contributed by atoms with E-state index in [0.717, 1.165) is 0 Å². The maximum Gasteiger partial charge on any atom is 0.490 e. The lowest BCUT2D eigenvalue weighted by molar-refractivity contribution is -0.192. The van der Waals surface area contributed by atoms with Gasteiger partial charge in [0.05, 0.1) is 17.7 Å². The van der Waals surface area contributed by atoms with Crippen LogP contribution in [0.4, 0.5) is 23.4 Å². The molecule has 1 heterocycles. The zero-order chi connectivity index (χ0) is 27.1. The van der Waals surface area contributed by atoms with Crippen molar-refractivity contribution < 1.29 is 46.9 Å². The van der Waals surface area contributed by atoms with Crippen LogP contribution in [0.15, 0.2) is 24.3 Å². The van der Waals surface area contributed by atoms with Gasteiger partial charge in [-0.1, -0.05) is 11.6 Å². The number of rotatable bonds is 7. The molecule has 0 fully saturated rings. The molecule has 0 bridgehead atoms. The molecule has 0 amide bonds. The lowest BCUT2D eigenvalue weighted by Crippen LogP contribution is -2.39. The highest BCUT2D eigenvalue weighted by Gasteiger charge is 2.38. The maximum atomic E-state index is 14.1. The monoisotopic (exact) mass is 523 g/mol. The number of ether oxygens (including phenoxy) is 1. The van der Waals surface area contributed by atoms with E-state index in [9.17, 15) is 32.3 Å². The van der Waals surface area contributed by atoms with Crippen LogP contribution in [0.25, 0.3) is 11.3 Å². The molecule has 0 saturated heterocycles. The van der Waals surface area contributed by atoms with Crippen molar-refractivity contribution in [2.24, 2.45) is 5.41 Å². The summed E-state index contributed by atoms with van der Waals surface area (Å²) in [4.78, 5) is 34.3. The van der Waals surface area contributed by atoms with Gasteiger partial charge >= 0.3 is 24.1 Å². The van der Waals surface area contributed by atoms with Gasteiger partial charge in [0.25, 0.3) is 0 Å². The van der Waals surface area contributed by atoms with E-state index in [2.05, 4.69) is 10.2 Å². The van der Waals surface area contributed by atoms with Crippen LogP contribution in [-0.4, -0.2) is 64.7 Å². The van der Waals surface area contributed by atoms with E-state index in [4.69, 9.17) is 26.2 Å². The summed E-state index contributed by atoms with van der Waals surface area (Å²) in [5.74, 6) is -4.97. The van der Waals surface area contributed by atoms with Gasteiger partial charge in [0, 0.05) is 24.2 Å². The molecule has 1 aromatic heterocycles. The summed E-state index contributed by atoms with van der Waals surface area (Å²) in [5, 5.41) is 24.9. The fourth-order valence-electron chi connectivity index (χ4n) is 2.71. The maximum absolute atomic E-state index is 14.1. The van der Waals surface area contributed by atoms with Gasteiger partial charge in [-0.15, -0.1) is 10.2 Å². The number of esters is 1. The van der Waals surface area contributed by atoms with Gasteiger partial charge < -0.3 is 19.8 Å². The van der Waals surface area contributed by atoms with Crippen molar-refractivity contribution in [2.75, 3.05) is 25.1 Å². The number of nitrogens with zero attached hydrogens (tertiary/aromatic N) is 3. The first kappa shape index (κ1) is 29.6. The highest BCUT2D eigenvalue weighted by molar-refractivity contribution is 6.30. The standard InChI is InChI=1S/C19H21ClFN3O4.C2HF3O2/c1-5-28-18(27)19(2,3)10-24(4)16-13(17(25)26)9-15(22-23-16)12-8-11(20)6-7-14(12)21;3-2(4,5)1(6)7/h6-9H,5,10H2,1-4H3,(H,25,26);(H,6,7). The molecule has 0 unspecified atom stereocenters. The molecule has 0 radical (unpaired) electrons. The van der Waals surface area contributed by atoms with Crippen molar-refractivity contribution in [3.63, 3.8) is 0 Å². The van der Waals surface area contributed by atoms with Gasteiger partial charge in [0.2, 0.25) is 0 Å². The van der Waals surface area contributed by atoms with Crippen LogP contribution in [0.5, 0.6) is 0 Å². The molecule has 14 heteroatoms. The van der Waals surface area contributed by atoms with Crippen LogP contribution in [0.2, 0.25) is 5.02 Å². The van der Waals surface area contributed by atoms with Crippen molar-refractivity contribution in [1.29, 1.82) is 0 Å². The zero-order valence-electron chi connectivity index (χ0n) is 19.0. The van der Waals surface area contributed by atoms with E-state index >= 15 is 0 Å². The number of alkyl halides is 3. The molecule has 9 nitrogen and oxygen atoms in total. The number of carbonyl (C=O) groups is 3. The minimum absolute atomic E-state index is 0.0409. The SMILES string of the molecule is CCOC(=O)C(C)(C)CN(C)c1nnc(-c2cc(Cl)ccc2F)cc1C(=O)O.O=C(O)C(F)(F)F. The van der Waals surface area contributed by atoms with Crippen LogP contribution < -0.4 is 4.90 Å². The average Bonchev–Trinajstić information content (AvgIpc) is 2.74. The van der Waals surface area contributed by atoms with Gasteiger partial charge in [-0.3, -0.25) is 4.79 Å². The van der Waals surface area contributed by atoms with Crippen molar-refractivity contribution in [3.05, 3.63) is 40.7 Å². The molecule has 2 N–H and O–H groups in total. The normalized spacial score (nSPS) is 11.2. The number of anilines is 1. The molecule has 1 aromatic carbocycles. The fourth-order valence-corrected chi connectivity index (χ4v) is 2.88. The second-order valence-electron chi connectivity index (χ2n) is 7.66. The van der Waals surface area contributed by atoms with E-state index in [0.29, 0.717) is 0 Å². The summed E-state index contributed by atoms with van der Waals surface area (Å²) in [6, 6.07) is 5.13. The summed E-state index contributed by atoms with van der Waals surface area (Å²) < 4.78 is 50.9. The third-order valence-corrected chi connectivity index (χ3v) is 4.51. The largest absolute Gasteiger partial charge is 0.490 e. The Hall–Kier alpha value is -3.48. The van der Waals surface area contributed by atoms with Crippen LogP contribution in [-0.2, 0) is 14.3 Å². The predicted octanol–water partition coefficient (Wildman–Crippen LogP) is 4.29. The topological polar surface area (TPSA) is 130 Å². The zero-order valence-corrected chi connectivity index (χ0v) is 19.7. The van der Waals surface area contributed by atoms with Crippen molar-refractivity contribution in [1.82, 2.24) is 10.2 Å². The van der Waals surface area contributed by atoms with Crippen LogP contribution >= 0.6 is 11.6 Å². The molecular formula is C21H22ClF4N3O6. The molecule has 0 aliphatic carbocycles. The Morgan fingerprint density at radius 1 is 1.11 bits per heavy atom. The summed E-state index contributed by atoms with van der Waals surface area (Å²) in [5.41, 5.74) is -0.991. The Labute approximate surface area is 202 Å². The van der Waals surface area contributed by atoms with Crippen molar-refractivity contribution >= 4 is 35.3 Å². The molecule has 0 atom stereocenters. The van der Waals surface area contributed by atoms with E-state index < -0.39 is 35.3 Å². The van der Waals surface area contributed by atoms with Gasteiger partial charge in [-0.05, 0) is 45.0 Å². The minimum atomic E-state index is -5.08. The molecule has 0 spiro atoms. The number of benzene rings is 1. The quantitative estimate of drug-likeness (QED) is 0.403.